The fourth-order valence-corrected chi connectivity index (χ4v) is 3.12. The lowest BCUT2D eigenvalue weighted by Crippen LogP contribution is -2.44. The van der Waals surface area contributed by atoms with Crippen LogP contribution in [0.2, 0.25) is 0 Å². The van der Waals surface area contributed by atoms with Gasteiger partial charge >= 0.3 is 0 Å². The van der Waals surface area contributed by atoms with Crippen LogP contribution in [0.5, 0.6) is 0 Å². The van der Waals surface area contributed by atoms with Gasteiger partial charge in [-0.15, -0.1) is 0 Å². The van der Waals surface area contributed by atoms with Gasteiger partial charge in [-0.05, 0) is 12.8 Å². The number of ether oxygens (including phenoxy) is 2. The molecular formula is C13H20N4O3S. The smallest absolute Gasteiger partial charge is 0.265 e. The van der Waals surface area contributed by atoms with Gasteiger partial charge in [0, 0.05) is 32.7 Å². The van der Waals surface area contributed by atoms with Gasteiger partial charge in [0.1, 0.15) is 16.3 Å². The molecule has 2 fully saturated rings. The zero-order valence-corrected chi connectivity index (χ0v) is 12.8. The number of carbonyl (C=O) groups is 1. The minimum Gasteiger partial charge on any atom is -0.382 e. The minimum absolute atomic E-state index is 0.211. The molecular weight excluding hydrogens is 292 g/mol. The number of thiazole rings is 1. The third-order valence-electron chi connectivity index (χ3n) is 3.84. The summed E-state index contributed by atoms with van der Waals surface area (Å²) in [6.45, 7) is 1.56. The Bertz CT molecular complexity index is 523. The second-order valence-corrected chi connectivity index (χ2v) is 6.52. The molecule has 2 aliphatic rings. The van der Waals surface area contributed by atoms with E-state index in [-0.39, 0.29) is 11.7 Å². The Kier molecular flexibility index (Phi) is 4.01. The molecule has 4 N–H and O–H groups in total. The van der Waals surface area contributed by atoms with Gasteiger partial charge in [0.15, 0.2) is 5.13 Å². The highest BCUT2D eigenvalue weighted by Gasteiger charge is 2.35. The van der Waals surface area contributed by atoms with E-state index in [2.05, 4.69) is 15.6 Å². The zero-order valence-electron chi connectivity index (χ0n) is 12.0. The number of methoxy groups -OCH3 is 1. The highest BCUT2D eigenvalue weighted by atomic mass is 32.1. The highest BCUT2D eigenvalue weighted by Crippen LogP contribution is 2.30. The topological polar surface area (TPSA) is 98.5 Å². The molecule has 1 saturated carbocycles. The lowest BCUT2D eigenvalue weighted by molar-refractivity contribution is -0.0148. The highest BCUT2D eigenvalue weighted by molar-refractivity contribution is 7.18. The Morgan fingerprint density at radius 3 is 3.05 bits per heavy atom. The molecule has 0 radical (unpaired) electrons. The molecule has 1 aliphatic heterocycles. The second kappa shape index (κ2) is 5.78. The number of anilines is 2. The van der Waals surface area contributed by atoms with Crippen molar-refractivity contribution in [2.24, 2.45) is 0 Å². The molecule has 8 heteroatoms. The van der Waals surface area contributed by atoms with E-state index in [0.717, 1.165) is 19.3 Å². The van der Waals surface area contributed by atoms with Crippen LogP contribution in [0.1, 0.15) is 28.9 Å². The van der Waals surface area contributed by atoms with Crippen LogP contribution in [-0.4, -0.2) is 49.4 Å². The summed E-state index contributed by atoms with van der Waals surface area (Å²) in [6.07, 6.45) is 3.07. The first kappa shape index (κ1) is 14.6. The van der Waals surface area contributed by atoms with E-state index >= 15 is 0 Å². The number of rotatable bonds is 6. The maximum atomic E-state index is 12.3. The third kappa shape index (κ3) is 3.28. The zero-order chi connectivity index (χ0) is 14.9. The SMILES string of the molecule is COC1(CNC(=O)c2sc(NC3CC3)nc2N)CCOC1. The Morgan fingerprint density at radius 2 is 2.43 bits per heavy atom. The van der Waals surface area contributed by atoms with Crippen molar-refractivity contribution >= 4 is 28.2 Å². The number of aromatic nitrogens is 1. The molecule has 1 unspecified atom stereocenters. The molecule has 1 atom stereocenters. The first-order chi connectivity index (χ1) is 10.1. The number of nitrogen functional groups attached to an aromatic ring is 1. The van der Waals surface area contributed by atoms with Crippen LogP contribution in [0.15, 0.2) is 0 Å². The normalized spacial score (nSPS) is 25.0. The monoisotopic (exact) mass is 312 g/mol. The van der Waals surface area contributed by atoms with Crippen LogP contribution in [0.3, 0.4) is 0 Å². The molecule has 1 saturated heterocycles. The van der Waals surface area contributed by atoms with Gasteiger partial charge in [-0.1, -0.05) is 11.3 Å². The van der Waals surface area contributed by atoms with Crippen molar-refractivity contribution in [3.8, 4) is 0 Å². The molecule has 116 valence electrons. The fraction of sp³-hybridized carbons (Fsp3) is 0.692. The predicted octanol–water partition coefficient (Wildman–Crippen LogP) is 0.835. The van der Waals surface area contributed by atoms with Gasteiger partial charge in [0.25, 0.3) is 5.91 Å². The minimum atomic E-state index is -0.426. The van der Waals surface area contributed by atoms with E-state index in [1.807, 2.05) is 0 Å². The van der Waals surface area contributed by atoms with Crippen LogP contribution in [0.4, 0.5) is 10.9 Å². The van der Waals surface area contributed by atoms with Crippen molar-refractivity contribution in [1.29, 1.82) is 0 Å². The van der Waals surface area contributed by atoms with Crippen LogP contribution in [-0.2, 0) is 9.47 Å². The van der Waals surface area contributed by atoms with Crippen molar-refractivity contribution in [2.75, 3.05) is 37.9 Å². The second-order valence-electron chi connectivity index (χ2n) is 5.52. The lowest BCUT2D eigenvalue weighted by atomic mass is 10.0. The van der Waals surface area contributed by atoms with Crippen molar-refractivity contribution in [1.82, 2.24) is 10.3 Å². The van der Waals surface area contributed by atoms with E-state index in [0.29, 0.717) is 35.8 Å². The van der Waals surface area contributed by atoms with Crippen molar-refractivity contribution in [2.45, 2.75) is 30.9 Å². The molecule has 0 aromatic carbocycles. The quantitative estimate of drug-likeness (QED) is 0.720. The summed E-state index contributed by atoms with van der Waals surface area (Å²) in [7, 11) is 1.64. The fourth-order valence-electron chi connectivity index (χ4n) is 2.24. The number of nitrogens with zero attached hydrogens (tertiary/aromatic N) is 1. The van der Waals surface area contributed by atoms with E-state index in [1.54, 1.807) is 7.11 Å². The summed E-state index contributed by atoms with van der Waals surface area (Å²) in [5.41, 5.74) is 5.40. The Hall–Kier alpha value is -1.38. The van der Waals surface area contributed by atoms with Gasteiger partial charge in [-0.2, -0.15) is 0 Å². The molecule has 1 aromatic rings. The van der Waals surface area contributed by atoms with Crippen LogP contribution in [0, 0.1) is 0 Å². The largest absolute Gasteiger partial charge is 0.382 e. The Labute approximate surface area is 127 Å². The molecule has 7 nitrogen and oxygen atoms in total. The summed E-state index contributed by atoms with van der Waals surface area (Å²) in [5, 5.41) is 6.84. The Morgan fingerprint density at radius 1 is 1.62 bits per heavy atom. The van der Waals surface area contributed by atoms with Crippen molar-refractivity contribution in [3.63, 3.8) is 0 Å². The van der Waals surface area contributed by atoms with Gasteiger partial charge < -0.3 is 25.8 Å². The van der Waals surface area contributed by atoms with Crippen LogP contribution < -0.4 is 16.4 Å². The van der Waals surface area contributed by atoms with E-state index in [4.69, 9.17) is 15.2 Å². The average Bonchev–Trinajstić information content (AvgIpc) is 3.02. The maximum absolute atomic E-state index is 12.3. The van der Waals surface area contributed by atoms with Gasteiger partial charge in [-0.3, -0.25) is 4.79 Å². The predicted molar refractivity (Wildman–Crippen MR) is 80.7 cm³/mol. The number of hydrogen-bond acceptors (Lipinski definition) is 7. The lowest BCUT2D eigenvalue weighted by Gasteiger charge is -2.25. The van der Waals surface area contributed by atoms with Crippen LogP contribution in [0.25, 0.3) is 0 Å². The summed E-state index contributed by atoms with van der Waals surface area (Å²) in [4.78, 5) is 16.9. The molecule has 3 rings (SSSR count). The molecule has 1 aliphatic carbocycles. The third-order valence-corrected chi connectivity index (χ3v) is 4.84. The number of carbonyl (C=O) groups excluding carboxylic acids is 1. The van der Waals surface area contributed by atoms with E-state index in [1.165, 1.54) is 11.3 Å². The molecule has 0 bridgehead atoms. The van der Waals surface area contributed by atoms with Gasteiger partial charge in [0.2, 0.25) is 0 Å². The number of amides is 1. The number of nitrogens with one attached hydrogen (secondary N) is 2. The van der Waals surface area contributed by atoms with Gasteiger partial charge in [0.05, 0.1) is 6.61 Å². The standard InChI is InChI=1S/C13H20N4O3S/c1-19-13(4-5-20-7-13)6-15-11(18)9-10(14)17-12(21-9)16-8-2-3-8/h8H,2-7,14H2,1H3,(H,15,18)(H,16,17). The maximum Gasteiger partial charge on any atom is 0.265 e. The molecule has 2 heterocycles. The number of nitrogens with two attached hydrogens (primary N) is 1. The first-order valence-electron chi connectivity index (χ1n) is 7.06. The molecule has 1 aromatic heterocycles. The molecule has 0 spiro atoms. The summed E-state index contributed by atoms with van der Waals surface area (Å²) in [5.74, 6) is 0.0620. The van der Waals surface area contributed by atoms with Gasteiger partial charge in [-0.25, -0.2) is 4.98 Å². The van der Waals surface area contributed by atoms with E-state index in [9.17, 15) is 4.79 Å². The first-order valence-corrected chi connectivity index (χ1v) is 7.87. The number of hydrogen-bond donors (Lipinski definition) is 3. The van der Waals surface area contributed by atoms with Crippen molar-refractivity contribution in [3.05, 3.63) is 4.88 Å². The van der Waals surface area contributed by atoms with Crippen molar-refractivity contribution < 1.29 is 14.3 Å². The Balaban J connectivity index is 1.60. The average molecular weight is 312 g/mol. The van der Waals surface area contributed by atoms with E-state index < -0.39 is 5.60 Å². The van der Waals surface area contributed by atoms with Crippen LogP contribution >= 0.6 is 11.3 Å². The summed E-state index contributed by atoms with van der Waals surface area (Å²) >= 11 is 1.29. The summed E-state index contributed by atoms with van der Waals surface area (Å²) in [6, 6.07) is 0.485. The molecule has 21 heavy (non-hydrogen) atoms. The summed E-state index contributed by atoms with van der Waals surface area (Å²) < 4.78 is 10.8. The molecule has 1 amide bonds.